The van der Waals surface area contributed by atoms with Gasteiger partial charge in [0, 0.05) is 19.4 Å². The summed E-state index contributed by atoms with van der Waals surface area (Å²) in [5.41, 5.74) is 0. The topological polar surface area (TPSA) is 95.5 Å². The largest absolute Gasteiger partial charge is 0.481 e. The molecular weight excluding hydrogens is 346 g/mol. The van der Waals surface area contributed by atoms with E-state index < -0.39 is 5.97 Å². The van der Waals surface area contributed by atoms with Gasteiger partial charge in [-0.3, -0.25) is 9.59 Å². The maximum Gasteiger partial charge on any atom is 0.303 e. The van der Waals surface area contributed by atoms with Crippen LogP contribution in [0.1, 0.15) is 96.3 Å². The Labute approximate surface area is 165 Å². The Bertz CT molecular complexity index is 349. The van der Waals surface area contributed by atoms with Crippen LogP contribution >= 0.6 is 0 Å². The van der Waals surface area contributed by atoms with Gasteiger partial charge in [-0.25, -0.2) is 5.11 Å². The Morgan fingerprint density at radius 1 is 0.667 bits per heavy atom. The molecule has 0 unspecified atom stereocenters. The van der Waals surface area contributed by atoms with Crippen LogP contribution in [-0.4, -0.2) is 43.3 Å². The van der Waals surface area contributed by atoms with Crippen molar-refractivity contribution in [2.75, 3.05) is 26.4 Å². The van der Waals surface area contributed by atoms with Gasteiger partial charge >= 0.3 is 5.97 Å². The Morgan fingerprint density at radius 2 is 1.11 bits per heavy atom. The van der Waals surface area contributed by atoms with Crippen LogP contribution < -0.4 is 5.32 Å². The van der Waals surface area contributed by atoms with Crippen molar-refractivity contribution < 1.29 is 24.5 Å². The van der Waals surface area contributed by atoms with Gasteiger partial charge < -0.3 is 15.2 Å². The number of aliphatic carboxylic acids is 1. The predicted octanol–water partition coefficient (Wildman–Crippen LogP) is 4.49. The van der Waals surface area contributed by atoms with E-state index in [4.69, 9.17) is 9.84 Å². The highest BCUT2D eigenvalue weighted by molar-refractivity contribution is 5.75. The number of unbranched alkanes of at least 4 members (excludes halogenated alkanes) is 12. The highest BCUT2D eigenvalue weighted by Gasteiger charge is 2.01. The third-order valence-corrected chi connectivity index (χ3v) is 4.59. The van der Waals surface area contributed by atoms with Crippen molar-refractivity contribution in [1.29, 1.82) is 0 Å². The lowest BCUT2D eigenvalue weighted by molar-refractivity contribution is -0.137. The molecule has 0 aromatic rings. The second-order valence-electron chi connectivity index (χ2n) is 7.16. The molecule has 0 rings (SSSR count). The lowest BCUT2D eigenvalue weighted by Crippen LogP contribution is -2.27. The molecule has 1 amide bonds. The van der Waals surface area contributed by atoms with E-state index in [0.29, 0.717) is 26.0 Å². The van der Waals surface area contributed by atoms with Crippen molar-refractivity contribution in [2.45, 2.75) is 96.3 Å². The number of carbonyl (C=O) groups is 2. The summed E-state index contributed by atoms with van der Waals surface area (Å²) in [5.74, 6) is -0.611. The van der Waals surface area contributed by atoms with E-state index in [-0.39, 0.29) is 19.1 Å². The smallest absolute Gasteiger partial charge is 0.303 e. The van der Waals surface area contributed by atoms with Crippen molar-refractivity contribution in [1.82, 2.24) is 5.32 Å². The van der Waals surface area contributed by atoms with Gasteiger partial charge in [-0.2, -0.15) is 0 Å². The first kappa shape index (κ1) is 25.9. The van der Waals surface area contributed by atoms with Crippen LogP contribution in [0.15, 0.2) is 0 Å². The number of hydrogen-bond acceptors (Lipinski definition) is 3. The third kappa shape index (κ3) is 22.8. The average Bonchev–Trinajstić information content (AvgIpc) is 2.64. The molecule has 27 heavy (non-hydrogen) atoms. The normalized spacial score (nSPS) is 10.9. The zero-order valence-electron chi connectivity index (χ0n) is 17.0. The lowest BCUT2D eigenvalue weighted by atomic mass is 10.0. The predicted molar refractivity (Wildman–Crippen MR) is 106 cm³/mol. The van der Waals surface area contributed by atoms with Crippen LogP contribution in [0.3, 0.4) is 0 Å². The van der Waals surface area contributed by atoms with E-state index in [2.05, 4.69) is 5.32 Å². The first-order valence-electron chi connectivity index (χ1n) is 10.8. The van der Waals surface area contributed by atoms with Crippen molar-refractivity contribution in [3.05, 3.63) is 0 Å². The van der Waals surface area contributed by atoms with Crippen LogP contribution in [0.25, 0.3) is 0 Å². The van der Waals surface area contributed by atoms with Gasteiger partial charge in [0.2, 0.25) is 5.91 Å². The van der Waals surface area contributed by atoms with E-state index in [9.17, 15) is 14.7 Å². The number of amides is 1. The van der Waals surface area contributed by atoms with Crippen molar-refractivity contribution in [3.63, 3.8) is 0 Å². The number of carbonyl (C=O) groups excluding carboxylic acids is 1. The molecule has 0 heterocycles. The summed E-state index contributed by atoms with van der Waals surface area (Å²) in [4.78, 5) is 22.0. The molecule has 1 radical (unpaired) electrons. The van der Waals surface area contributed by atoms with Crippen LogP contribution in [-0.2, 0) is 19.4 Å². The second-order valence-corrected chi connectivity index (χ2v) is 7.16. The summed E-state index contributed by atoms with van der Waals surface area (Å²) in [6.07, 6.45) is 16.1. The molecule has 2 N–H and O–H groups in total. The fourth-order valence-corrected chi connectivity index (χ4v) is 3.02. The Hall–Kier alpha value is -1.14. The fourth-order valence-electron chi connectivity index (χ4n) is 3.02. The van der Waals surface area contributed by atoms with Gasteiger partial charge in [0.25, 0.3) is 0 Å². The summed E-state index contributed by atoms with van der Waals surface area (Å²) >= 11 is 0. The molecule has 0 aromatic heterocycles. The molecule has 0 atom stereocenters. The summed E-state index contributed by atoms with van der Waals surface area (Å²) in [7, 11) is 0. The number of nitrogens with one attached hydrogen (secondary N) is 1. The van der Waals surface area contributed by atoms with Gasteiger partial charge in [-0.1, -0.05) is 70.6 Å². The first-order valence-corrected chi connectivity index (χ1v) is 10.8. The maximum absolute atomic E-state index is 11.6. The molecule has 0 spiro atoms. The minimum absolute atomic E-state index is 0.0729. The minimum atomic E-state index is -0.684. The van der Waals surface area contributed by atoms with Gasteiger partial charge in [-0.15, -0.1) is 0 Å². The molecule has 0 saturated carbocycles. The Balaban J connectivity index is 3.12. The monoisotopic (exact) mass is 386 g/mol. The highest BCUT2D eigenvalue weighted by Crippen LogP contribution is 2.13. The summed E-state index contributed by atoms with van der Waals surface area (Å²) in [5, 5.41) is 21.5. The van der Waals surface area contributed by atoms with Crippen LogP contribution in [0.2, 0.25) is 0 Å². The highest BCUT2D eigenvalue weighted by atomic mass is 16.5. The molecule has 0 fully saturated rings. The third-order valence-electron chi connectivity index (χ3n) is 4.59. The number of carboxylic acids is 1. The molecule has 0 aliphatic rings. The van der Waals surface area contributed by atoms with E-state index in [0.717, 1.165) is 32.1 Å². The lowest BCUT2D eigenvalue weighted by Gasteiger charge is -2.05. The van der Waals surface area contributed by atoms with Gasteiger partial charge in [0.15, 0.2) is 0 Å². The molecule has 0 aliphatic carbocycles. The van der Waals surface area contributed by atoms with Gasteiger partial charge in [-0.05, 0) is 12.8 Å². The number of hydrogen-bond donors (Lipinski definition) is 2. The quantitative estimate of drug-likeness (QED) is 0.284. The van der Waals surface area contributed by atoms with Crippen molar-refractivity contribution in [3.8, 4) is 0 Å². The van der Waals surface area contributed by atoms with Gasteiger partial charge in [0.1, 0.15) is 6.61 Å². The standard InChI is InChI=1S/C21H40NO5/c23-17-19-27-18-16-22-20(24)14-12-10-8-6-4-2-1-3-5-7-9-11-13-15-21(25)26/h1-19H2,(H,22,24)(H,25,26). The number of ether oxygens (including phenoxy) is 1. The number of carboxylic acid groups (broad SMARTS) is 1. The molecule has 6 nitrogen and oxygen atoms in total. The van der Waals surface area contributed by atoms with E-state index in [1.807, 2.05) is 0 Å². The van der Waals surface area contributed by atoms with E-state index in [1.165, 1.54) is 51.4 Å². The fraction of sp³-hybridized carbons (Fsp3) is 0.905. The second kappa shape index (κ2) is 21.2. The number of rotatable bonds is 21. The SMILES string of the molecule is [O]CCOCCNC(=O)CCCCCCCCCCCCCCCC(=O)O. The summed E-state index contributed by atoms with van der Waals surface area (Å²) in [6, 6.07) is 0. The minimum Gasteiger partial charge on any atom is -0.481 e. The van der Waals surface area contributed by atoms with Crippen molar-refractivity contribution in [2.24, 2.45) is 0 Å². The van der Waals surface area contributed by atoms with Crippen LogP contribution in [0.4, 0.5) is 0 Å². The zero-order valence-corrected chi connectivity index (χ0v) is 17.0. The Kier molecular flexibility index (Phi) is 20.3. The first-order chi connectivity index (χ1) is 13.2. The van der Waals surface area contributed by atoms with Crippen molar-refractivity contribution >= 4 is 11.9 Å². The molecule has 0 aliphatic heterocycles. The summed E-state index contributed by atoms with van der Waals surface area (Å²) < 4.78 is 5.02. The van der Waals surface area contributed by atoms with Crippen LogP contribution in [0, 0.1) is 0 Å². The maximum atomic E-state index is 11.6. The van der Waals surface area contributed by atoms with Gasteiger partial charge in [0.05, 0.1) is 13.2 Å². The van der Waals surface area contributed by atoms with Crippen LogP contribution in [0.5, 0.6) is 0 Å². The molecular formula is C21H40NO5. The molecule has 6 heteroatoms. The molecule has 0 aromatic carbocycles. The zero-order chi connectivity index (χ0) is 20.0. The Morgan fingerprint density at radius 3 is 1.56 bits per heavy atom. The average molecular weight is 387 g/mol. The molecule has 159 valence electrons. The molecule has 0 saturated heterocycles. The molecule has 0 bridgehead atoms. The van der Waals surface area contributed by atoms with E-state index in [1.54, 1.807) is 0 Å². The summed E-state index contributed by atoms with van der Waals surface area (Å²) in [6.45, 7) is 0.883. The van der Waals surface area contributed by atoms with E-state index >= 15 is 0 Å².